The van der Waals surface area contributed by atoms with Gasteiger partial charge in [0.15, 0.2) is 0 Å². The predicted molar refractivity (Wildman–Crippen MR) is 82.1 cm³/mol. The molecule has 1 saturated heterocycles. The van der Waals surface area contributed by atoms with Gasteiger partial charge in [-0.25, -0.2) is 0 Å². The number of carboxylic acids is 1. The van der Waals surface area contributed by atoms with E-state index in [4.69, 9.17) is 9.84 Å². The van der Waals surface area contributed by atoms with Crippen molar-refractivity contribution in [2.75, 3.05) is 13.2 Å². The molecular weight excluding hydrogens is 284 g/mol. The van der Waals surface area contributed by atoms with E-state index in [1.54, 1.807) is 0 Å². The maximum Gasteiger partial charge on any atom is 0.305 e. The van der Waals surface area contributed by atoms with Crippen molar-refractivity contribution in [1.29, 1.82) is 0 Å². The molecule has 122 valence electrons. The number of nitrogens with one attached hydrogen (secondary N) is 1. The third-order valence-electron chi connectivity index (χ3n) is 4.45. The third kappa shape index (κ3) is 3.32. The lowest BCUT2D eigenvalue weighted by atomic mass is 9.86. The summed E-state index contributed by atoms with van der Waals surface area (Å²) in [5.74, 6) is -1.10. The minimum absolute atomic E-state index is 0.0748. The Balaban J connectivity index is 2.23. The molecule has 1 fully saturated rings. The van der Waals surface area contributed by atoms with E-state index in [2.05, 4.69) is 9.88 Å². The van der Waals surface area contributed by atoms with Gasteiger partial charge in [0.05, 0.1) is 17.5 Å². The summed E-state index contributed by atoms with van der Waals surface area (Å²) in [7, 11) is 0. The van der Waals surface area contributed by atoms with Crippen LogP contribution in [0.1, 0.15) is 47.9 Å². The van der Waals surface area contributed by atoms with E-state index >= 15 is 0 Å². The van der Waals surface area contributed by atoms with E-state index < -0.39 is 11.5 Å². The van der Waals surface area contributed by atoms with E-state index in [1.807, 2.05) is 26.8 Å². The van der Waals surface area contributed by atoms with Crippen molar-refractivity contribution in [2.24, 2.45) is 0 Å². The van der Waals surface area contributed by atoms with Gasteiger partial charge in [-0.2, -0.15) is 0 Å². The van der Waals surface area contributed by atoms with E-state index in [1.165, 1.54) is 0 Å². The number of carbonyl (C=O) groups excluding carboxylic acids is 1. The van der Waals surface area contributed by atoms with Crippen LogP contribution in [0.4, 0.5) is 0 Å². The van der Waals surface area contributed by atoms with Crippen LogP contribution in [0.2, 0.25) is 0 Å². The van der Waals surface area contributed by atoms with Crippen LogP contribution in [-0.2, 0) is 16.1 Å². The lowest BCUT2D eigenvalue weighted by molar-refractivity contribution is -0.139. The first-order chi connectivity index (χ1) is 10.4. The van der Waals surface area contributed by atoms with Gasteiger partial charge in [0.25, 0.3) is 5.91 Å². The number of hydrogen-bond donors (Lipinski definition) is 2. The van der Waals surface area contributed by atoms with Crippen molar-refractivity contribution in [3.05, 3.63) is 23.0 Å². The monoisotopic (exact) mass is 308 g/mol. The second-order valence-corrected chi connectivity index (χ2v) is 5.95. The molecule has 1 aliphatic rings. The summed E-state index contributed by atoms with van der Waals surface area (Å²) < 4.78 is 7.38. The molecule has 1 amide bonds. The molecule has 2 rings (SSSR count). The van der Waals surface area contributed by atoms with Gasteiger partial charge in [0, 0.05) is 31.1 Å². The van der Waals surface area contributed by atoms with Crippen LogP contribution in [0.3, 0.4) is 0 Å². The number of hydrogen-bond acceptors (Lipinski definition) is 3. The fourth-order valence-electron chi connectivity index (χ4n) is 3.22. The van der Waals surface area contributed by atoms with E-state index in [0.29, 0.717) is 31.6 Å². The van der Waals surface area contributed by atoms with Gasteiger partial charge in [-0.05, 0) is 39.7 Å². The van der Waals surface area contributed by atoms with Gasteiger partial charge in [-0.1, -0.05) is 0 Å². The summed E-state index contributed by atoms with van der Waals surface area (Å²) in [6.07, 6.45) is 0.976. The van der Waals surface area contributed by atoms with E-state index in [0.717, 1.165) is 17.9 Å². The van der Waals surface area contributed by atoms with Gasteiger partial charge in [-0.15, -0.1) is 0 Å². The lowest BCUT2D eigenvalue weighted by Gasteiger charge is -2.36. The maximum absolute atomic E-state index is 12.6. The zero-order valence-corrected chi connectivity index (χ0v) is 13.4. The standard InChI is InChI=1S/C16H24N2O4/c1-4-18-11(2)9-13(12(18)3)15(21)17-16(10-14(19)20)5-7-22-8-6-16/h9H,4-8,10H2,1-3H3,(H,17,21)(H,19,20). The molecule has 0 aromatic carbocycles. The van der Waals surface area contributed by atoms with E-state index in [9.17, 15) is 9.59 Å². The van der Waals surface area contributed by atoms with Crippen molar-refractivity contribution in [2.45, 2.75) is 52.1 Å². The molecule has 0 atom stereocenters. The number of amides is 1. The Morgan fingerprint density at radius 3 is 2.50 bits per heavy atom. The predicted octanol–water partition coefficient (Wildman–Crippen LogP) is 1.88. The zero-order chi connectivity index (χ0) is 16.3. The fraction of sp³-hybridized carbons (Fsp3) is 0.625. The van der Waals surface area contributed by atoms with Crippen molar-refractivity contribution >= 4 is 11.9 Å². The maximum atomic E-state index is 12.6. The molecule has 22 heavy (non-hydrogen) atoms. The van der Waals surface area contributed by atoms with Gasteiger partial charge < -0.3 is 19.7 Å². The molecule has 6 nitrogen and oxygen atoms in total. The van der Waals surface area contributed by atoms with Gasteiger partial charge >= 0.3 is 5.97 Å². The Morgan fingerprint density at radius 1 is 1.36 bits per heavy atom. The second kappa shape index (κ2) is 6.52. The molecular formula is C16H24N2O4. The van der Waals surface area contributed by atoms with E-state index in [-0.39, 0.29) is 12.3 Å². The number of carboxylic acid groups (broad SMARTS) is 1. The number of aliphatic carboxylic acids is 1. The minimum atomic E-state index is -0.902. The normalized spacial score (nSPS) is 17.2. The third-order valence-corrected chi connectivity index (χ3v) is 4.45. The molecule has 0 bridgehead atoms. The van der Waals surface area contributed by atoms with Crippen molar-refractivity contribution < 1.29 is 19.4 Å². The average Bonchev–Trinajstić information content (AvgIpc) is 2.73. The second-order valence-electron chi connectivity index (χ2n) is 5.95. The molecule has 1 aromatic rings. The highest BCUT2D eigenvalue weighted by Crippen LogP contribution is 2.26. The Bertz CT molecular complexity index is 571. The van der Waals surface area contributed by atoms with Crippen molar-refractivity contribution in [3.63, 3.8) is 0 Å². The molecule has 6 heteroatoms. The SMILES string of the molecule is CCn1c(C)cc(C(=O)NC2(CC(=O)O)CCOCC2)c1C. The van der Waals surface area contributed by atoms with Crippen LogP contribution in [-0.4, -0.2) is 40.3 Å². The summed E-state index contributed by atoms with van der Waals surface area (Å²) in [6, 6.07) is 1.86. The molecule has 0 saturated carbocycles. The Labute approximate surface area is 130 Å². The highest BCUT2D eigenvalue weighted by Gasteiger charge is 2.37. The summed E-state index contributed by atoms with van der Waals surface area (Å²) in [4.78, 5) is 23.8. The number of aromatic nitrogens is 1. The number of nitrogens with zero attached hydrogens (tertiary/aromatic N) is 1. The lowest BCUT2D eigenvalue weighted by Crippen LogP contribution is -2.53. The van der Waals surface area contributed by atoms with Crippen LogP contribution in [0.15, 0.2) is 6.07 Å². The first-order valence-electron chi connectivity index (χ1n) is 7.67. The number of aryl methyl sites for hydroxylation is 1. The van der Waals surface area contributed by atoms with Crippen LogP contribution in [0, 0.1) is 13.8 Å². The molecule has 2 heterocycles. The average molecular weight is 308 g/mol. The van der Waals surface area contributed by atoms with Gasteiger partial charge in [-0.3, -0.25) is 9.59 Å². The smallest absolute Gasteiger partial charge is 0.305 e. The topological polar surface area (TPSA) is 80.6 Å². The van der Waals surface area contributed by atoms with Crippen LogP contribution in [0.25, 0.3) is 0 Å². The highest BCUT2D eigenvalue weighted by molar-refractivity contribution is 5.96. The van der Waals surface area contributed by atoms with Crippen molar-refractivity contribution in [1.82, 2.24) is 9.88 Å². The molecule has 0 unspecified atom stereocenters. The molecule has 1 aliphatic heterocycles. The minimum Gasteiger partial charge on any atom is -0.481 e. The summed E-state index contributed by atoms with van der Waals surface area (Å²) in [5, 5.41) is 12.1. The largest absolute Gasteiger partial charge is 0.481 e. The molecule has 2 N–H and O–H groups in total. The molecule has 0 aliphatic carbocycles. The Hall–Kier alpha value is -1.82. The fourth-order valence-corrected chi connectivity index (χ4v) is 3.22. The summed E-state index contributed by atoms with van der Waals surface area (Å²) in [5.41, 5.74) is 1.85. The highest BCUT2D eigenvalue weighted by atomic mass is 16.5. The van der Waals surface area contributed by atoms with Gasteiger partial charge in [0.1, 0.15) is 0 Å². The summed E-state index contributed by atoms with van der Waals surface area (Å²) >= 11 is 0. The van der Waals surface area contributed by atoms with Gasteiger partial charge in [0.2, 0.25) is 0 Å². The first-order valence-corrected chi connectivity index (χ1v) is 7.67. The van der Waals surface area contributed by atoms with Crippen LogP contribution >= 0.6 is 0 Å². The zero-order valence-electron chi connectivity index (χ0n) is 13.4. The number of ether oxygens (including phenoxy) is 1. The molecule has 0 spiro atoms. The molecule has 1 aromatic heterocycles. The first kappa shape index (κ1) is 16.5. The number of carbonyl (C=O) groups is 2. The van der Waals surface area contributed by atoms with Crippen LogP contribution < -0.4 is 5.32 Å². The summed E-state index contributed by atoms with van der Waals surface area (Å²) in [6.45, 7) is 7.67. The quantitative estimate of drug-likeness (QED) is 0.870. The van der Waals surface area contributed by atoms with Crippen LogP contribution in [0.5, 0.6) is 0 Å². The number of rotatable bonds is 5. The Morgan fingerprint density at radius 2 is 2.00 bits per heavy atom. The Kier molecular flexibility index (Phi) is 4.90. The molecule has 0 radical (unpaired) electrons. The van der Waals surface area contributed by atoms with Crippen molar-refractivity contribution in [3.8, 4) is 0 Å².